The van der Waals surface area contributed by atoms with E-state index in [4.69, 9.17) is 0 Å². The number of fused-ring (bicyclic) bond motifs is 1. The number of pyridine rings is 1. The molecule has 31 heavy (non-hydrogen) atoms. The zero-order valence-corrected chi connectivity index (χ0v) is 18.0. The number of benzene rings is 2. The average Bonchev–Trinajstić information content (AvgIpc) is 2.81. The van der Waals surface area contributed by atoms with Crippen molar-refractivity contribution in [2.75, 3.05) is 26.2 Å². The van der Waals surface area contributed by atoms with Crippen LogP contribution < -0.4 is 0 Å². The predicted molar refractivity (Wildman–Crippen MR) is 125 cm³/mol. The molecule has 4 nitrogen and oxygen atoms in total. The fourth-order valence-corrected chi connectivity index (χ4v) is 5.40. The van der Waals surface area contributed by atoms with Crippen LogP contribution in [0.15, 0.2) is 79.0 Å². The molecule has 2 aliphatic heterocycles. The van der Waals surface area contributed by atoms with Gasteiger partial charge in [-0.1, -0.05) is 60.7 Å². The molecule has 3 aromatic rings. The smallest absolute Gasteiger partial charge is 0.0593 e. The summed E-state index contributed by atoms with van der Waals surface area (Å²) in [7, 11) is 0. The topological polar surface area (TPSA) is 39.6 Å². The summed E-state index contributed by atoms with van der Waals surface area (Å²) in [5.41, 5.74) is 4.97. The Bertz CT molecular complexity index is 961. The molecule has 160 valence electrons. The molecule has 3 heterocycles. The number of aromatic nitrogens is 1. The number of hydrogen-bond donors (Lipinski definition) is 1. The first-order valence-electron chi connectivity index (χ1n) is 11.5. The highest BCUT2D eigenvalue weighted by atomic mass is 16.3. The van der Waals surface area contributed by atoms with Gasteiger partial charge in [-0.2, -0.15) is 0 Å². The maximum Gasteiger partial charge on any atom is 0.0593 e. The SMILES string of the molecule is OC[C@@H]1[C@@H](c2ccc(-c3ccccc3)cc2)[C@@H]2CN(Cc3ccccn3)CCCCN12. The minimum Gasteiger partial charge on any atom is -0.395 e. The van der Waals surface area contributed by atoms with E-state index in [-0.39, 0.29) is 12.6 Å². The Morgan fingerprint density at radius 3 is 2.32 bits per heavy atom. The number of hydrogen-bond acceptors (Lipinski definition) is 4. The Labute approximate surface area is 185 Å². The summed E-state index contributed by atoms with van der Waals surface area (Å²) < 4.78 is 0. The van der Waals surface area contributed by atoms with Crippen molar-refractivity contribution < 1.29 is 5.11 Å². The Morgan fingerprint density at radius 2 is 1.58 bits per heavy atom. The molecule has 0 saturated carbocycles. The monoisotopic (exact) mass is 413 g/mol. The first-order chi connectivity index (χ1) is 15.3. The number of nitrogens with zero attached hydrogens (tertiary/aromatic N) is 3. The van der Waals surface area contributed by atoms with E-state index in [9.17, 15) is 5.11 Å². The summed E-state index contributed by atoms with van der Waals surface area (Å²) in [4.78, 5) is 9.64. The van der Waals surface area contributed by atoms with Crippen LogP contribution in [0.25, 0.3) is 11.1 Å². The fraction of sp³-hybridized carbons (Fsp3) is 0.370. The molecular weight excluding hydrogens is 382 g/mol. The predicted octanol–water partition coefficient (Wildman–Crippen LogP) is 4.17. The summed E-state index contributed by atoms with van der Waals surface area (Å²) >= 11 is 0. The van der Waals surface area contributed by atoms with Gasteiger partial charge in [-0.25, -0.2) is 0 Å². The molecule has 0 bridgehead atoms. The van der Waals surface area contributed by atoms with Crippen LogP contribution in [0, 0.1) is 0 Å². The molecule has 0 unspecified atom stereocenters. The van der Waals surface area contributed by atoms with Gasteiger partial charge in [-0.3, -0.25) is 14.8 Å². The van der Waals surface area contributed by atoms with Crippen LogP contribution in [0.3, 0.4) is 0 Å². The highest BCUT2D eigenvalue weighted by Gasteiger charge is 2.49. The quantitative estimate of drug-likeness (QED) is 0.681. The van der Waals surface area contributed by atoms with E-state index in [1.54, 1.807) is 0 Å². The summed E-state index contributed by atoms with van der Waals surface area (Å²) in [6.07, 6.45) is 4.27. The van der Waals surface area contributed by atoms with Crippen molar-refractivity contribution in [3.63, 3.8) is 0 Å². The largest absolute Gasteiger partial charge is 0.395 e. The fourth-order valence-electron chi connectivity index (χ4n) is 5.40. The molecule has 2 fully saturated rings. The lowest BCUT2D eigenvalue weighted by atomic mass is 9.74. The van der Waals surface area contributed by atoms with E-state index in [0.29, 0.717) is 12.0 Å². The highest BCUT2D eigenvalue weighted by molar-refractivity contribution is 5.63. The average molecular weight is 414 g/mol. The molecule has 1 aromatic heterocycles. The van der Waals surface area contributed by atoms with E-state index >= 15 is 0 Å². The number of aliphatic hydroxyl groups is 1. The standard InChI is InChI=1S/C27H31N3O/c31-20-26-27(23-13-11-22(12-14-23)21-8-2-1-3-9-21)25-19-29(16-6-7-17-30(25)26)18-24-10-4-5-15-28-24/h1-5,8-15,25-27,31H,6-7,16-20H2/t25-,26+,27-/m0/s1. The molecular formula is C27H31N3O. The second-order valence-electron chi connectivity index (χ2n) is 8.83. The van der Waals surface area contributed by atoms with Crippen LogP contribution in [0.2, 0.25) is 0 Å². The third-order valence-corrected chi connectivity index (χ3v) is 6.97. The molecule has 3 atom stereocenters. The van der Waals surface area contributed by atoms with Crippen molar-refractivity contribution in [3.8, 4) is 11.1 Å². The highest BCUT2D eigenvalue weighted by Crippen LogP contribution is 2.42. The molecule has 0 aliphatic carbocycles. The van der Waals surface area contributed by atoms with Crippen molar-refractivity contribution in [3.05, 3.63) is 90.3 Å². The van der Waals surface area contributed by atoms with Gasteiger partial charge < -0.3 is 5.11 Å². The zero-order chi connectivity index (χ0) is 21.0. The van der Waals surface area contributed by atoms with Crippen molar-refractivity contribution in [1.82, 2.24) is 14.8 Å². The minimum absolute atomic E-state index is 0.224. The van der Waals surface area contributed by atoms with Gasteiger partial charge in [-0.05, 0) is 54.8 Å². The van der Waals surface area contributed by atoms with Crippen LogP contribution >= 0.6 is 0 Å². The normalized spacial score (nSPS) is 24.6. The molecule has 1 N–H and O–H groups in total. The summed E-state index contributed by atoms with van der Waals surface area (Å²) in [6, 6.07) is 26.4. The van der Waals surface area contributed by atoms with Gasteiger partial charge >= 0.3 is 0 Å². The van der Waals surface area contributed by atoms with Gasteiger partial charge in [0.1, 0.15) is 0 Å². The van der Waals surface area contributed by atoms with Crippen LogP contribution in [0.4, 0.5) is 0 Å². The van der Waals surface area contributed by atoms with Gasteiger partial charge in [0, 0.05) is 37.3 Å². The van der Waals surface area contributed by atoms with Crippen LogP contribution in [0.5, 0.6) is 0 Å². The molecule has 0 spiro atoms. The van der Waals surface area contributed by atoms with Crippen LogP contribution in [0.1, 0.15) is 30.0 Å². The summed E-state index contributed by atoms with van der Waals surface area (Å²) in [6.45, 7) is 4.35. The zero-order valence-electron chi connectivity index (χ0n) is 18.0. The third kappa shape index (κ3) is 4.29. The van der Waals surface area contributed by atoms with Gasteiger partial charge in [0.15, 0.2) is 0 Å². The van der Waals surface area contributed by atoms with Crippen LogP contribution in [-0.4, -0.2) is 58.2 Å². The molecule has 2 aromatic carbocycles. The van der Waals surface area contributed by atoms with Crippen molar-refractivity contribution in [2.45, 2.75) is 37.4 Å². The lowest BCUT2D eigenvalue weighted by Crippen LogP contribution is -2.67. The van der Waals surface area contributed by atoms with Gasteiger partial charge in [-0.15, -0.1) is 0 Å². The van der Waals surface area contributed by atoms with E-state index in [1.165, 1.54) is 29.5 Å². The Hall–Kier alpha value is -2.53. The lowest BCUT2D eigenvalue weighted by molar-refractivity contribution is -0.0656. The maximum absolute atomic E-state index is 10.2. The lowest BCUT2D eigenvalue weighted by Gasteiger charge is -2.57. The molecule has 5 rings (SSSR count). The third-order valence-electron chi connectivity index (χ3n) is 6.97. The van der Waals surface area contributed by atoms with Crippen LogP contribution in [-0.2, 0) is 6.54 Å². The molecule has 4 heteroatoms. The number of aliphatic hydroxyl groups excluding tert-OH is 1. The Balaban J connectivity index is 1.36. The van der Waals surface area contributed by atoms with Crippen molar-refractivity contribution in [1.29, 1.82) is 0 Å². The first-order valence-corrected chi connectivity index (χ1v) is 11.5. The summed E-state index contributed by atoms with van der Waals surface area (Å²) in [5.74, 6) is 0.374. The Morgan fingerprint density at radius 1 is 0.839 bits per heavy atom. The molecule has 0 radical (unpaired) electrons. The Kier molecular flexibility index (Phi) is 6.12. The number of rotatable bonds is 5. The molecule has 2 saturated heterocycles. The second-order valence-corrected chi connectivity index (χ2v) is 8.83. The van der Waals surface area contributed by atoms with E-state index < -0.39 is 0 Å². The van der Waals surface area contributed by atoms with E-state index in [1.807, 2.05) is 12.3 Å². The van der Waals surface area contributed by atoms with E-state index in [2.05, 4.69) is 81.5 Å². The molecule has 2 aliphatic rings. The van der Waals surface area contributed by atoms with Gasteiger partial charge in [0.25, 0.3) is 0 Å². The van der Waals surface area contributed by atoms with Crippen molar-refractivity contribution >= 4 is 0 Å². The summed E-state index contributed by atoms with van der Waals surface area (Å²) in [5, 5.41) is 10.2. The maximum atomic E-state index is 10.2. The van der Waals surface area contributed by atoms with Crippen molar-refractivity contribution in [2.24, 2.45) is 0 Å². The van der Waals surface area contributed by atoms with Gasteiger partial charge in [0.05, 0.1) is 12.3 Å². The minimum atomic E-state index is 0.224. The van der Waals surface area contributed by atoms with E-state index in [0.717, 1.165) is 31.9 Å². The second kappa shape index (κ2) is 9.31. The van der Waals surface area contributed by atoms with Gasteiger partial charge in [0.2, 0.25) is 0 Å². The first kappa shape index (κ1) is 20.4. The molecule has 0 amide bonds.